The maximum atomic E-state index is 11.1. The van der Waals surface area contributed by atoms with Gasteiger partial charge in [0.25, 0.3) is 0 Å². The lowest BCUT2D eigenvalue weighted by Gasteiger charge is -2.23. The zero-order chi connectivity index (χ0) is 13.2. The van der Waals surface area contributed by atoms with Crippen molar-refractivity contribution in [3.05, 3.63) is 0 Å². The minimum atomic E-state index is -3.50. The Labute approximate surface area is 99.5 Å². The molecule has 0 saturated carbocycles. The minimum absolute atomic E-state index is 0.221. The maximum Gasteiger partial charge on any atom is 0.353 e. The average molecular weight is 256 g/mol. The van der Waals surface area contributed by atoms with E-state index in [2.05, 4.69) is 4.52 Å². The van der Waals surface area contributed by atoms with Gasteiger partial charge in [0.05, 0.1) is 34.4 Å². The van der Waals surface area contributed by atoms with Crippen molar-refractivity contribution >= 4 is 7.60 Å². The first kappa shape index (κ1) is 18.4. The lowest BCUT2D eigenvalue weighted by molar-refractivity contribution is -0.870. The summed E-state index contributed by atoms with van der Waals surface area (Å²) in [5.74, 6) is 0. The highest BCUT2D eigenvalue weighted by atomic mass is 31.2. The standard InChI is InChI=1S/C8H20NO4P.C2H6/c1-5-13-14(10,11)8-12-7-6-9(2,3)4;1-2/h5-8H2,1-4H3;1-2H3/p+1. The summed E-state index contributed by atoms with van der Waals surface area (Å²) < 4.78 is 21.6. The summed E-state index contributed by atoms with van der Waals surface area (Å²) in [4.78, 5) is 9.15. The van der Waals surface area contributed by atoms with Crippen LogP contribution in [0.2, 0.25) is 0 Å². The normalized spacial score (nSPS) is 14.9. The van der Waals surface area contributed by atoms with Gasteiger partial charge in [0.15, 0.2) is 0 Å². The molecule has 5 nitrogen and oxygen atoms in total. The van der Waals surface area contributed by atoms with Crippen LogP contribution in [0.15, 0.2) is 0 Å². The molecule has 0 aliphatic rings. The molecule has 0 aromatic rings. The van der Waals surface area contributed by atoms with Crippen LogP contribution < -0.4 is 0 Å². The van der Waals surface area contributed by atoms with Gasteiger partial charge in [0.1, 0.15) is 12.9 Å². The number of nitrogens with zero attached hydrogens (tertiary/aromatic N) is 1. The summed E-state index contributed by atoms with van der Waals surface area (Å²) in [7, 11) is 2.59. The summed E-state index contributed by atoms with van der Waals surface area (Å²) in [6, 6.07) is 0. The van der Waals surface area contributed by atoms with E-state index in [0.717, 1.165) is 11.0 Å². The Morgan fingerprint density at radius 1 is 1.25 bits per heavy atom. The fourth-order valence-corrected chi connectivity index (χ4v) is 1.60. The molecule has 0 aromatic heterocycles. The highest BCUT2D eigenvalue weighted by molar-refractivity contribution is 7.52. The first-order chi connectivity index (χ1) is 7.27. The molecule has 6 heteroatoms. The smallest absolute Gasteiger partial charge is 0.353 e. The van der Waals surface area contributed by atoms with E-state index in [4.69, 9.17) is 9.63 Å². The highest BCUT2D eigenvalue weighted by Crippen LogP contribution is 2.41. The molecule has 0 bridgehead atoms. The van der Waals surface area contributed by atoms with Gasteiger partial charge in [0.2, 0.25) is 0 Å². The van der Waals surface area contributed by atoms with E-state index in [1.807, 2.05) is 35.0 Å². The third-order valence-electron chi connectivity index (χ3n) is 1.49. The quantitative estimate of drug-likeness (QED) is 0.429. The van der Waals surface area contributed by atoms with Gasteiger partial charge in [0, 0.05) is 0 Å². The van der Waals surface area contributed by atoms with Gasteiger partial charge in [-0.2, -0.15) is 0 Å². The van der Waals surface area contributed by atoms with Crippen LogP contribution in [-0.4, -0.2) is 56.6 Å². The molecular formula is C10H27NO4P+. The largest absolute Gasteiger partial charge is 0.363 e. The summed E-state index contributed by atoms with van der Waals surface area (Å²) in [5, 5.41) is 0. The van der Waals surface area contributed by atoms with Crippen LogP contribution in [0, 0.1) is 0 Å². The Hall–Kier alpha value is 0.0700. The zero-order valence-electron chi connectivity index (χ0n) is 11.4. The molecule has 0 amide bonds. The summed E-state index contributed by atoms with van der Waals surface area (Å²) in [6.07, 6.45) is -0.221. The van der Waals surface area contributed by atoms with E-state index >= 15 is 0 Å². The molecule has 0 aromatic carbocycles. The zero-order valence-corrected chi connectivity index (χ0v) is 12.3. The van der Waals surface area contributed by atoms with Crippen molar-refractivity contribution in [1.82, 2.24) is 0 Å². The number of rotatable bonds is 7. The second-order valence-corrected chi connectivity index (χ2v) is 5.90. The molecule has 0 spiro atoms. The molecule has 1 atom stereocenters. The molecular weight excluding hydrogens is 229 g/mol. The van der Waals surface area contributed by atoms with Crippen LogP contribution in [0.4, 0.5) is 0 Å². The molecule has 0 radical (unpaired) electrons. The maximum absolute atomic E-state index is 11.1. The van der Waals surface area contributed by atoms with Crippen molar-refractivity contribution in [3.8, 4) is 0 Å². The topological polar surface area (TPSA) is 55.8 Å². The molecule has 0 saturated heterocycles. The molecule has 16 heavy (non-hydrogen) atoms. The lowest BCUT2D eigenvalue weighted by Crippen LogP contribution is -2.37. The van der Waals surface area contributed by atoms with Gasteiger partial charge in [-0.1, -0.05) is 13.8 Å². The predicted octanol–water partition coefficient (Wildman–Crippen LogP) is 1.91. The summed E-state index contributed by atoms with van der Waals surface area (Å²) in [6.45, 7) is 7.16. The van der Waals surface area contributed by atoms with Crippen molar-refractivity contribution in [1.29, 1.82) is 0 Å². The van der Waals surface area contributed by atoms with Crippen LogP contribution >= 0.6 is 7.60 Å². The number of ether oxygens (including phenoxy) is 1. The monoisotopic (exact) mass is 256 g/mol. The molecule has 0 aliphatic heterocycles. The SMILES string of the molecule is CC.CCOP(=O)(O)COCC[N+](C)(C)C. The van der Waals surface area contributed by atoms with Gasteiger partial charge in [-0.3, -0.25) is 4.57 Å². The van der Waals surface area contributed by atoms with Crippen LogP contribution in [0.5, 0.6) is 0 Å². The van der Waals surface area contributed by atoms with E-state index in [1.165, 1.54) is 0 Å². The Bertz CT molecular complexity index is 203. The number of hydrogen-bond donors (Lipinski definition) is 1. The summed E-state index contributed by atoms with van der Waals surface area (Å²) in [5.41, 5.74) is 0. The van der Waals surface area contributed by atoms with E-state index < -0.39 is 7.60 Å². The van der Waals surface area contributed by atoms with Crippen molar-refractivity contribution in [2.75, 3.05) is 47.2 Å². The fourth-order valence-electron chi connectivity index (χ4n) is 0.757. The third-order valence-corrected chi connectivity index (χ3v) is 2.66. The number of likely N-dealkylation sites (N-methyl/N-ethyl adjacent to an activating group) is 1. The second-order valence-electron chi connectivity index (χ2n) is 4.11. The van der Waals surface area contributed by atoms with Gasteiger partial charge >= 0.3 is 7.60 Å². The van der Waals surface area contributed by atoms with Crippen molar-refractivity contribution < 1.29 is 23.2 Å². The Morgan fingerprint density at radius 2 is 1.75 bits per heavy atom. The fraction of sp³-hybridized carbons (Fsp3) is 1.00. The molecule has 100 valence electrons. The van der Waals surface area contributed by atoms with E-state index in [9.17, 15) is 4.57 Å². The van der Waals surface area contributed by atoms with Gasteiger partial charge in [-0.25, -0.2) is 0 Å². The van der Waals surface area contributed by atoms with Crippen molar-refractivity contribution in [2.45, 2.75) is 20.8 Å². The Balaban J connectivity index is 0. The Morgan fingerprint density at radius 3 is 2.12 bits per heavy atom. The summed E-state index contributed by atoms with van der Waals surface area (Å²) >= 11 is 0. The van der Waals surface area contributed by atoms with Crippen LogP contribution in [0.3, 0.4) is 0 Å². The van der Waals surface area contributed by atoms with Crippen LogP contribution in [0.1, 0.15) is 20.8 Å². The van der Waals surface area contributed by atoms with Crippen molar-refractivity contribution in [3.63, 3.8) is 0 Å². The molecule has 0 rings (SSSR count). The lowest BCUT2D eigenvalue weighted by atomic mass is 10.5. The predicted molar refractivity (Wildman–Crippen MR) is 66.5 cm³/mol. The minimum Gasteiger partial charge on any atom is -0.363 e. The molecule has 0 aliphatic carbocycles. The number of hydrogen-bond acceptors (Lipinski definition) is 3. The Kier molecular flexibility index (Phi) is 10.5. The van der Waals surface area contributed by atoms with E-state index in [-0.39, 0.29) is 13.0 Å². The van der Waals surface area contributed by atoms with Crippen molar-refractivity contribution in [2.24, 2.45) is 0 Å². The highest BCUT2D eigenvalue weighted by Gasteiger charge is 2.18. The number of quaternary nitrogens is 1. The second kappa shape index (κ2) is 9.14. The van der Waals surface area contributed by atoms with Gasteiger partial charge < -0.3 is 18.6 Å². The van der Waals surface area contributed by atoms with Crippen LogP contribution in [0.25, 0.3) is 0 Å². The molecule has 0 fully saturated rings. The molecule has 1 unspecified atom stereocenters. The van der Waals surface area contributed by atoms with Crippen LogP contribution in [-0.2, 0) is 13.8 Å². The third kappa shape index (κ3) is 14.1. The van der Waals surface area contributed by atoms with Gasteiger partial charge in [-0.15, -0.1) is 0 Å². The van der Waals surface area contributed by atoms with E-state index in [0.29, 0.717) is 6.61 Å². The van der Waals surface area contributed by atoms with Gasteiger partial charge in [-0.05, 0) is 6.92 Å². The molecule has 1 N–H and O–H groups in total. The first-order valence-electron chi connectivity index (χ1n) is 5.61. The average Bonchev–Trinajstić information content (AvgIpc) is 2.14. The molecule has 0 heterocycles. The van der Waals surface area contributed by atoms with E-state index in [1.54, 1.807) is 6.92 Å². The first-order valence-corrected chi connectivity index (χ1v) is 7.38.